The van der Waals surface area contributed by atoms with Crippen molar-refractivity contribution in [1.29, 1.82) is 0 Å². The van der Waals surface area contributed by atoms with Crippen LogP contribution in [-0.4, -0.2) is 19.8 Å². The third-order valence-electron chi connectivity index (χ3n) is 2.74. The van der Waals surface area contributed by atoms with Crippen LogP contribution >= 0.6 is 0 Å². The van der Waals surface area contributed by atoms with Gasteiger partial charge >= 0.3 is 16.9 Å². The maximum atomic E-state index is 11.8. The summed E-state index contributed by atoms with van der Waals surface area (Å²) in [5.41, 5.74) is -2.21. The molecule has 8 heteroatoms. The van der Waals surface area contributed by atoms with Crippen molar-refractivity contribution in [3.05, 3.63) is 37.1 Å². The highest BCUT2D eigenvalue weighted by Gasteiger charge is 2.18. The predicted octanol–water partition coefficient (Wildman–Crippen LogP) is 0.215. The van der Waals surface area contributed by atoms with E-state index in [1.807, 2.05) is 0 Å². The van der Waals surface area contributed by atoms with Gasteiger partial charge in [-0.25, -0.2) is 4.79 Å². The Balaban J connectivity index is 3.06. The maximum Gasteiger partial charge on any atom is 0.350 e. The normalized spacial score (nSPS) is 10.4. The number of aromatic nitrogens is 2. The van der Waals surface area contributed by atoms with Crippen LogP contribution in [0.3, 0.4) is 0 Å². The second kappa shape index (κ2) is 6.07. The number of Topliss-reactive ketones (excluding diaryl/α,β-unsaturated/α-hetero) is 1. The van der Waals surface area contributed by atoms with E-state index >= 15 is 0 Å². The molecule has 1 rings (SSSR count). The molecule has 0 aliphatic rings. The van der Waals surface area contributed by atoms with Crippen LogP contribution in [-0.2, 0) is 18.4 Å². The lowest BCUT2D eigenvalue weighted by atomic mass is 10.2. The Labute approximate surface area is 108 Å². The molecule has 0 fully saturated rings. The zero-order valence-corrected chi connectivity index (χ0v) is 10.8. The first-order valence-electron chi connectivity index (χ1n) is 5.85. The van der Waals surface area contributed by atoms with E-state index in [1.165, 1.54) is 7.05 Å². The van der Waals surface area contributed by atoms with Gasteiger partial charge in [0.15, 0.2) is 0 Å². The highest BCUT2D eigenvalue weighted by atomic mass is 16.6. The Hall–Kier alpha value is -2.25. The number of ketones is 1. The molecule has 0 saturated heterocycles. The summed E-state index contributed by atoms with van der Waals surface area (Å²) in [6, 6.07) is 0. The van der Waals surface area contributed by atoms with Gasteiger partial charge in [0.25, 0.3) is 0 Å². The van der Waals surface area contributed by atoms with Crippen molar-refractivity contribution in [3.8, 4) is 0 Å². The Morgan fingerprint density at radius 1 is 1.42 bits per heavy atom. The van der Waals surface area contributed by atoms with Gasteiger partial charge in [-0.3, -0.25) is 28.8 Å². The van der Waals surface area contributed by atoms with Crippen LogP contribution in [0.15, 0.2) is 15.8 Å². The van der Waals surface area contributed by atoms with Crippen molar-refractivity contribution in [1.82, 2.24) is 9.13 Å². The summed E-state index contributed by atoms with van der Waals surface area (Å²) in [5.74, 6) is 0.0234. The third-order valence-corrected chi connectivity index (χ3v) is 2.74. The Morgan fingerprint density at radius 3 is 2.58 bits per heavy atom. The molecule has 1 heterocycles. The minimum absolute atomic E-state index is 0.00106. The fourth-order valence-electron chi connectivity index (χ4n) is 1.64. The molecule has 8 nitrogen and oxygen atoms in total. The van der Waals surface area contributed by atoms with Crippen molar-refractivity contribution in [2.45, 2.75) is 32.7 Å². The quantitative estimate of drug-likeness (QED) is 0.542. The van der Waals surface area contributed by atoms with Gasteiger partial charge in [-0.2, -0.15) is 0 Å². The first-order valence-corrected chi connectivity index (χ1v) is 5.85. The number of aryl methyl sites for hydroxylation is 1. The number of nitrogens with zero attached hydrogens (tertiary/aromatic N) is 3. The number of rotatable bonds is 6. The van der Waals surface area contributed by atoms with Crippen molar-refractivity contribution < 1.29 is 9.72 Å². The van der Waals surface area contributed by atoms with E-state index < -0.39 is 21.9 Å². The molecular formula is C11H15N3O5. The van der Waals surface area contributed by atoms with Crippen LogP contribution in [0.2, 0.25) is 0 Å². The average molecular weight is 269 g/mol. The molecule has 0 unspecified atom stereocenters. The lowest BCUT2D eigenvalue weighted by Gasteiger charge is -2.06. The van der Waals surface area contributed by atoms with E-state index in [0.29, 0.717) is 12.8 Å². The standard InChI is InChI=1S/C11H15N3O5/c1-3-8(15)5-4-6-13-10(16)9(14(18)19)7-12(2)11(13)17/h7H,3-6H2,1-2H3. The zero-order valence-electron chi connectivity index (χ0n) is 10.8. The topological polar surface area (TPSA) is 104 Å². The Bertz CT molecular complexity index is 614. The molecule has 1 aromatic heterocycles. The number of nitro groups is 1. The van der Waals surface area contributed by atoms with Gasteiger partial charge in [0.05, 0.1) is 11.1 Å². The van der Waals surface area contributed by atoms with Crippen molar-refractivity contribution in [2.24, 2.45) is 7.05 Å². The Kier molecular flexibility index (Phi) is 4.74. The van der Waals surface area contributed by atoms with Gasteiger partial charge in [-0.15, -0.1) is 0 Å². The number of hydrogen-bond donors (Lipinski definition) is 0. The van der Waals surface area contributed by atoms with Crippen molar-refractivity contribution >= 4 is 11.5 Å². The Morgan fingerprint density at radius 2 is 2.05 bits per heavy atom. The average Bonchev–Trinajstić information content (AvgIpc) is 2.37. The zero-order chi connectivity index (χ0) is 14.6. The molecule has 19 heavy (non-hydrogen) atoms. The molecular weight excluding hydrogens is 254 g/mol. The smallest absolute Gasteiger partial charge is 0.300 e. The van der Waals surface area contributed by atoms with Crippen LogP contribution in [0.25, 0.3) is 0 Å². The number of hydrogen-bond acceptors (Lipinski definition) is 5. The van der Waals surface area contributed by atoms with Crippen LogP contribution in [0, 0.1) is 10.1 Å². The van der Waals surface area contributed by atoms with Crippen molar-refractivity contribution in [3.63, 3.8) is 0 Å². The van der Waals surface area contributed by atoms with E-state index in [9.17, 15) is 24.5 Å². The molecule has 0 bridgehead atoms. The van der Waals surface area contributed by atoms with E-state index in [1.54, 1.807) is 6.92 Å². The van der Waals surface area contributed by atoms with Gasteiger partial charge in [-0.1, -0.05) is 6.92 Å². The molecule has 0 amide bonds. The summed E-state index contributed by atoms with van der Waals surface area (Å²) in [4.78, 5) is 44.5. The predicted molar refractivity (Wildman–Crippen MR) is 67.1 cm³/mol. The molecule has 0 spiro atoms. The van der Waals surface area contributed by atoms with Gasteiger partial charge in [0, 0.05) is 26.4 Å². The SMILES string of the molecule is CCC(=O)CCCn1c(=O)c([N+](=O)[O-])cn(C)c1=O. The minimum atomic E-state index is -0.933. The summed E-state index contributed by atoms with van der Waals surface area (Å²) in [6.45, 7) is 1.72. The largest absolute Gasteiger partial charge is 0.350 e. The van der Waals surface area contributed by atoms with Crippen molar-refractivity contribution in [2.75, 3.05) is 0 Å². The molecule has 0 saturated carbocycles. The summed E-state index contributed by atoms with van der Waals surface area (Å²) in [6.07, 6.45) is 1.85. The highest BCUT2D eigenvalue weighted by molar-refractivity contribution is 5.77. The highest BCUT2D eigenvalue weighted by Crippen LogP contribution is 2.01. The van der Waals surface area contributed by atoms with Gasteiger partial charge in [0.1, 0.15) is 5.78 Å². The maximum absolute atomic E-state index is 11.8. The monoisotopic (exact) mass is 269 g/mol. The molecule has 0 aliphatic heterocycles. The van der Waals surface area contributed by atoms with Gasteiger partial charge in [-0.05, 0) is 6.42 Å². The summed E-state index contributed by atoms with van der Waals surface area (Å²) >= 11 is 0. The number of carbonyl (C=O) groups is 1. The molecule has 0 atom stereocenters. The van der Waals surface area contributed by atoms with Gasteiger partial charge in [0.2, 0.25) is 0 Å². The molecule has 104 valence electrons. The fourth-order valence-corrected chi connectivity index (χ4v) is 1.64. The van der Waals surface area contributed by atoms with E-state index in [0.717, 1.165) is 15.3 Å². The van der Waals surface area contributed by atoms with E-state index in [-0.39, 0.29) is 18.7 Å². The lowest BCUT2D eigenvalue weighted by molar-refractivity contribution is -0.387. The molecule has 0 aliphatic carbocycles. The first kappa shape index (κ1) is 14.8. The van der Waals surface area contributed by atoms with Crippen LogP contribution in [0.4, 0.5) is 5.69 Å². The second-order valence-corrected chi connectivity index (χ2v) is 4.12. The van der Waals surface area contributed by atoms with E-state index in [4.69, 9.17) is 0 Å². The molecule has 0 aromatic carbocycles. The molecule has 1 aromatic rings. The van der Waals surface area contributed by atoms with Crippen LogP contribution in [0.1, 0.15) is 26.2 Å². The first-order chi connectivity index (χ1) is 8.88. The van der Waals surface area contributed by atoms with E-state index in [2.05, 4.69) is 0 Å². The number of carbonyl (C=O) groups excluding carboxylic acids is 1. The summed E-state index contributed by atoms with van der Waals surface area (Å²) in [5, 5.41) is 10.7. The summed E-state index contributed by atoms with van der Waals surface area (Å²) in [7, 11) is 1.34. The van der Waals surface area contributed by atoms with Crippen LogP contribution in [0.5, 0.6) is 0 Å². The third kappa shape index (κ3) is 3.36. The van der Waals surface area contributed by atoms with Gasteiger partial charge < -0.3 is 0 Å². The van der Waals surface area contributed by atoms with Crippen LogP contribution < -0.4 is 11.2 Å². The fraction of sp³-hybridized carbons (Fsp3) is 0.545. The summed E-state index contributed by atoms with van der Waals surface area (Å²) < 4.78 is 1.78. The molecule has 0 radical (unpaired) electrons. The minimum Gasteiger partial charge on any atom is -0.300 e. The second-order valence-electron chi connectivity index (χ2n) is 4.12. The molecule has 0 N–H and O–H groups in total. The lowest BCUT2D eigenvalue weighted by Crippen LogP contribution is -2.39.